The van der Waals surface area contributed by atoms with Crippen molar-refractivity contribution >= 4 is 35.2 Å². The summed E-state index contributed by atoms with van der Waals surface area (Å²) in [6, 6.07) is 32.9. The van der Waals surface area contributed by atoms with Crippen molar-refractivity contribution in [3.8, 4) is 17.2 Å². The van der Waals surface area contributed by atoms with Crippen LogP contribution in [0.25, 0.3) is 12.2 Å². The Bertz CT molecular complexity index is 1320. The smallest absolute Gasteiger partial charge is 0.303 e. The molecule has 0 bridgehead atoms. The Labute approximate surface area is 236 Å². The number of carboxylic acid groups (broad SMARTS) is 1. The number of ether oxygens (including phenoxy) is 3. The van der Waals surface area contributed by atoms with Gasteiger partial charge in [-0.1, -0.05) is 60.7 Å². The molecule has 0 fully saturated rings. The molecule has 40 heavy (non-hydrogen) atoms. The van der Waals surface area contributed by atoms with Gasteiger partial charge in [0.1, 0.15) is 0 Å². The fourth-order valence-electron chi connectivity index (χ4n) is 4.40. The van der Waals surface area contributed by atoms with Crippen molar-refractivity contribution < 1.29 is 24.1 Å². The summed E-state index contributed by atoms with van der Waals surface area (Å²) < 4.78 is 17.1. The number of hydrogen-bond acceptors (Lipinski definition) is 5. The largest absolute Gasteiger partial charge is 0.493 e. The Balaban J connectivity index is 1.48. The van der Waals surface area contributed by atoms with Crippen LogP contribution >= 0.6 is 0 Å². The van der Waals surface area contributed by atoms with Crippen molar-refractivity contribution in [1.29, 1.82) is 0 Å². The van der Waals surface area contributed by atoms with Gasteiger partial charge in [-0.25, -0.2) is 0 Å². The van der Waals surface area contributed by atoms with Crippen LogP contribution in [0.1, 0.15) is 36.8 Å². The van der Waals surface area contributed by atoms with Crippen molar-refractivity contribution in [2.45, 2.75) is 25.7 Å². The number of hydrogen-bond donors (Lipinski definition) is 1. The molecule has 4 aromatic carbocycles. The van der Waals surface area contributed by atoms with E-state index in [0.717, 1.165) is 41.0 Å². The third-order valence-electron chi connectivity index (χ3n) is 6.41. The van der Waals surface area contributed by atoms with Gasteiger partial charge in [-0.05, 0) is 78.9 Å². The minimum atomic E-state index is -0.773. The maximum Gasteiger partial charge on any atom is 0.303 e. The molecule has 6 heteroatoms. The Morgan fingerprint density at radius 3 is 1.75 bits per heavy atom. The average molecular weight is 538 g/mol. The van der Waals surface area contributed by atoms with Crippen LogP contribution < -0.4 is 19.1 Å². The highest BCUT2D eigenvalue weighted by molar-refractivity contribution is 5.78. The first-order valence-electron chi connectivity index (χ1n) is 13.4. The molecule has 0 aromatic heterocycles. The lowest BCUT2D eigenvalue weighted by molar-refractivity contribution is -0.137. The van der Waals surface area contributed by atoms with Gasteiger partial charge in [-0.15, -0.1) is 0 Å². The second-order valence-corrected chi connectivity index (χ2v) is 9.24. The zero-order chi connectivity index (χ0) is 28.2. The molecule has 0 radical (unpaired) electrons. The Morgan fingerprint density at radius 2 is 1.23 bits per heavy atom. The lowest BCUT2D eigenvalue weighted by atomic mass is 10.1. The molecule has 0 amide bonds. The summed E-state index contributed by atoms with van der Waals surface area (Å²) in [4.78, 5) is 12.9. The molecule has 4 rings (SSSR count). The van der Waals surface area contributed by atoms with E-state index in [2.05, 4.69) is 59.5 Å². The fraction of sp³-hybridized carbons (Fsp3) is 0.206. The molecule has 4 aromatic rings. The molecule has 1 N–H and O–H groups in total. The average Bonchev–Trinajstić information content (AvgIpc) is 2.99. The van der Waals surface area contributed by atoms with E-state index < -0.39 is 5.97 Å². The van der Waals surface area contributed by atoms with Crippen LogP contribution in [0.5, 0.6) is 17.2 Å². The second kappa shape index (κ2) is 14.4. The molecule has 206 valence electrons. The summed E-state index contributed by atoms with van der Waals surface area (Å²) in [7, 11) is 3.21. The van der Waals surface area contributed by atoms with Crippen LogP contribution in [0, 0.1) is 0 Å². The third-order valence-corrected chi connectivity index (χ3v) is 6.41. The van der Waals surface area contributed by atoms with E-state index >= 15 is 0 Å². The van der Waals surface area contributed by atoms with Crippen molar-refractivity contribution in [1.82, 2.24) is 0 Å². The minimum Gasteiger partial charge on any atom is -0.493 e. The van der Waals surface area contributed by atoms with Crippen LogP contribution in [0.4, 0.5) is 17.1 Å². The summed E-state index contributed by atoms with van der Waals surface area (Å²) in [5.74, 6) is 0.944. The molecule has 0 saturated heterocycles. The predicted molar refractivity (Wildman–Crippen MR) is 161 cm³/mol. The van der Waals surface area contributed by atoms with Gasteiger partial charge in [0, 0.05) is 23.5 Å². The molecule has 0 aliphatic heterocycles. The summed E-state index contributed by atoms with van der Waals surface area (Å²) in [6.07, 6.45) is 6.41. The van der Waals surface area contributed by atoms with Gasteiger partial charge >= 0.3 is 5.97 Å². The molecule has 0 atom stereocenters. The highest BCUT2D eigenvalue weighted by atomic mass is 16.5. The van der Waals surface area contributed by atoms with Crippen LogP contribution in [-0.4, -0.2) is 31.9 Å². The summed E-state index contributed by atoms with van der Waals surface area (Å²) in [5, 5.41) is 8.78. The monoisotopic (exact) mass is 537 g/mol. The molecule has 0 unspecified atom stereocenters. The predicted octanol–water partition coefficient (Wildman–Crippen LogP) is 8.37. The number of anilines is 3. The third kappa shape index (κ3) is 7.67. The van der Waals surface area contributed by atoms with Gasteiger partial charge in [-0.2, -0.15) is 0 Å². The Kier molecular flexibility index (Phi) is 10.2. The van der Waals surface area contributed by atoms with Crippen molar-refractivity contribution in [3.63, 3.8) is 0 Å². The number of rotatable bonds is 14. The number of unbranched alkanes of at least 4 members (excludes halogenated alkanes) is 2. The van der Waals surface area contributed by atoms with E-state index in [1.807, 2.05) is 54.6 Å². The summed E-state index contributed by atoms with van der Waals surface area (Å²) in [5.41, 5.74) is 5.24. The van der Waals surface area contributed by atoms with E-state index in [4.69, 9.17) is 19.3 Å². The normalized spacial score (nSPS) is 10.8. The van der Waals surface area contributed by atoms with Gasteiger partial charge in [0.15, 0.2) is 11.5 Å². The van der Waals surface area contributed by atoms with Gasteiger partial charge in [0.05, 0.1) is 20.8 Å². The van der Waals surface area contributed by atoms with Crippen LogP contribution in [-0.2, 0) is 4.79 Å². The van der Waals surface area contributed by atoms with Gasteiger partial charge < -0.3 is 24.2 Å². The quantitative estimate of drug-likeness (QED) is 0.129. The number of carboxylic acids is 1. The molecule has 0 saturated carbocycles. The maximum absolute atomic E-state index is 10.7. The van der Waals surface area contributed by atoms with Crippen molar-refractivity contribution in [3.05, 3.63) is 108 Å². The van der Waals surface area contributed by atoms with E-state index in [1.165, 1.54) is 0 Å². The molecular weight excluding hydrogens is 502 g/mol. The zero-order valence-electron chi connectivity index (χ0n) is 23.0. The van der Waals surface area contributed by atoms with Gasteiger partial charge in [-0.3, -0.25) is 4.79 Å². The Hall–Kier alpha value is -4.71. The van der Waals surface area contributed by atoms with Gasteiger partial charge in [0.2, 0.25) is 5.75 Å². The number of nitrogens with zero attached hydrogens (tertiary/aromatic N) is 1. The van der Waals surface area contributed by atoms with Crippen molar-refractivity contribution in [2.24, 2.45) is 0 Å². The number of para-hydroxylation sites is 2. The van der Waals surface area contributed by atoms with E-state index in [1.54, 1.807) is 14.2 Å². The Morgan fingerprint density at radius 1 is 0.700 bits per heavy atom. The molecule has 0 spiro atoms. The van der Waals surface area contributed by atoms with Crippen molar-refractivity contribution in [2.75, 3.05) is 25.7 Å². The van der Waals surface area contributed by atoms with E-state index in [9.17, 15) is 4.79 Å². The summed E-state index contributed by atoms with van der Waals surface area (Å²) in [6.45, 7) is 0.455. The zero-order valence-corrected chi connectivity index (χ0v) is 23.0. The topological polar surface area (TPSA) is 68.2 Å². The number of methoxy groups -OCH3 is 2. The van der Waals surface area contributed by atoms with Crippen LogP contribution in [0.3, 0.4) is 0 Å². The first-order chi connectivity index (χ1) is 19.6. The molecule has 0 aliphatic rings. The maximum atomic E-state index is 10.7. The highest BCUT2D eigenvalue weighted by Crippen LogP contribution is 2.39. The number of aliphatic carboxylic acids is 1. The lowest BCUT2D eigenvalue weighted by Gasteiger charge is -2.25. The second-order valence-electron chi connectivity index (χ2n) is 9.24. The van der Waals surface area contributed by atoms with Crippen LogP contribution in [0.2, 0.25) is 0 Å². The molecule has 6 nitrogen and oxygen atoms in total. The van der Waals surface area contributed by atoms with Crippen LogP contribution in [0.15, 0.2) is 97.1 Å². The molecular formula is C34H35NO5. The van der Waals surface area contributed by atoms with E-state index in [-0.39, 0.29) is 6.42 Å². The lowest BCUT2D eigenvalue weighted by Crippen LogP contribution is -2.09. The standard InChI is InChI=1S/C34H35NO5/c1-38-31-24-27(25-32(39-2)34(31)40-23-11-5-10-16-33(36)37)18-17-26-19-21-30(22-20-26)35(28-12-6-3-7-13-28)29-14-8-4-9-15-29/h3-4,6-9,12-15,17-22,24-25H,5,10-11,16,23H2,1-2H3,(H,36,37)/b18-17+. The first-order valence-corrected chi connectivity index (χ1v) is 13.4. The molecule has 0 heterocycles. The number of carbonyl (C=O) groups is 1. The van der Waals surface area contributed by atoms with E-state index in [0.29, 0.717) is 30.3 Å². The number of benzene rings is 4. The first kappa shape index (κ1) is 28.3. The minimum absolute atomic E-state index is 0.175. The summed E-state index contributed by atoms with van der Waals surface area (Å²) >= 11 is 0. The SMILES string of the molecule is COc1cc(/C=C/c2ccc(N(c3ccccc3)c3ccccc3)cc2)cc(OC)c1OCCCCCC(=O)O. The molecule has 0 aliphatic carbocycles. The van der Waals surface area contributed by atoms with Gasteiger partial charge in [0.25, 0.3) is 0 Å². The highest BCUT2D eigenvalue weighted by Gasteiger charge is 2.14. The fourth-order valence-corrected chi connectivity index (χ4v) is 4.40.